The molecule has 2 amide bonds. The molecule has 4 atom stereocenters. The zero-order chi connectivity index (χ0) is 19.8. The Hall–Kier alpha value is -3.23. The largest absolute Gasteiger partial charge is 0.481 e. The molecule has 2 aromatic rings. The first-order valence-electron chi connectivity index (χ1n) is 9.19. The molecule has 1 aromatic heterocycles. The molecule has 9 nitrogen and oxygen atoms in total. The van der Waals surface area contributed by atoms with Gasteiger partial charge < -0.3 is 15.3 Å². The van der Waals surface area contributed by atoms with E-state index in [9.17, 15) is 19.5 Å². The minimum atomic E-state index is -0.870. The summed E-state index contributed by atoms with van der Waals surface area (Å²) in [5, 5.41) is 16.1. The van der Waals surface area contributed by atoms with E-state index >= 15 is 0 Å². The molecule has 9 heteroatoms. The smallest absolute Gasteiger partial charge is 0.308 e. The molecule has 28 heavy (non-hydrogen) atoms. The summed E-state index contributed by atoms with van der Waals surface area (Å²) >= 11 is 0. The van der Waals surface area contributed by atoms with E-state index in [0.29, 0.717) is 19.4 Å². The van der Waals surface area contributed by atoms with Crippen LogP contribution in [0.3, 0.4) is 0 Å². The number of benzene rings is 1. The van der Waals surface area contributed by atoms with Crippen molar-refractivity contribution in [1.29, 1.82) is 0 Å². The van der Waals surface area contributed by atoms with Crippen molar-refractivity contribution in [3.63, 3.8) is 0 Å². The lowest BCUT2D eigenvalue weighted by atomic mass is 10.1. The lowest BCUT2D eigenvalue weighted by molar-refractivity contribution is -0.140. The maximum atomic E-state index is 12.6. The molecular weight excluding hydrogens is 362 g/mol. The summed E-state index contributed by atoms with van der Waals surface area (Å²) in [5.41, 5.74) is 1.03. The van der Waals surface area contributed by atoms with Gasteiger partial charge >= 0.3 is 5.97 Å². The fourth-order valence-electron chi connectivity index (χ4n) is 4.04. The molecule has 146 valence electrons. The number of carboxylic acid groups (broad SMARTS) is 1. The minimum absolute atomic E-state index is 0.00389. The van der Waals surface area contributed by atoms with E-state index in [1.54, 1.807) is 11.7 Å². The standard InChI is InChI=1S/C19H21N5O4/c1-23-15-12(14(15)19(27)28)7-8-13(18(23)26)21-17(25)16-20-10-24(22-16)9-11-5-3-2-4-6-11/h2-6,10,12-15H,7-9H2,1H3,(H,21,25)(H,27,28)/t12-,13-,14+,15-/m0/s1. The van der Waals surface area contributed by atoms with Gasteiger partial charge in [0.2, 0.25) is 11.7 Å². The zero-order valence-electron chi connectivity index (χ0n) is 15.4. The van der Waals surface area contributed by atoms with Gasteiger partial charge in [0.1, 0.15) is 12.4 Å². The highest BCUT2D eigenvalue weighted by Gasteiger charge is 2.60. The van der Waals surface area contributed by atoms with Crippen LogP contribution in [0.1, 0.15) is 29.0 Å². The van der Waals surface area contributed by atoms with Crippen LogP contribution in [0.2, 0.25) is 0 Å². The molecule has 1 aliphatic carbocycles. The number of likely N-dealkylation sites (tertiary alicyclic amines) is 1. The monoisotopic (exact) mass is 383 g/mol. The highest BCUT2D eigenvalue weighted by Crippen LogP contribution is 2.48. The summed E-state index contributed by atoms with van der Waals surface area (Å²) in [6.45, 7) is 0.492. The molecule has 0 spiro atoms. The van der Waals surface area contributed by atoms with Crippen LogP contribution in [-0.4, -0.2) is 61.7 Å². The Labute approximate surface area is 161 Å². The number of amides is 2. The summed E-state index contributed by atoms with van der Waals surface area (Å²) in [6.07, 6.45) is 2.47. The maximum Gasteiger partial charge on any atom is 0.308 e. The van der Waals surface area contributed by atoms with E-state index in [1.807, 2.05) is 30.3 Å². The maximum absolute atomic E-state index is 12.6. The number of carboxylic acids is 1. The highest BCUT2D eigenvalue weighted by molar-refractivity contribution is 5.95. The number of likely N-dealkylation sites (N-methyl/N-ethyl adjacent to an activating group) is 1. The highest BCUT2D eigenvalue weighted by atomic mass is 16.4. The van der Waals surface area contributed by atoms with Gasteiger partial charge in [-0.3, -0.25) is 14.4 Å². The van der Waals surface area contributed by atoms with Crippen molar-refractivity contribution < 1.29 is 19.5 Å². The summed E-state index contributed by atoms with van der Waals surface area (Å²) < 4.78 is 1.57. The number of hydrogen-bond acceptors (Lipinski definition) is 5. The van der Waals surface area contributed by atoms with Crippen molar-refractivity contribution in [2.24, 2.45) is 11.8 Å². The van der Waals surface area contributed by atoms with E-state index in [-0.39, 0.29) is 23.7 Å². The topological polar surface area (TPSA) is 117 Å². The Morgan fingerprint density at radius 1 is 1.25 bits per heavy atom. The molecule has 0 bridgehead atoms. The summed E-state index contributed by atoms with van der Waals surface area (Å²) in [5.74, 6) is -2.19. The molecule has 4 rings (SSSR count). The molecular formula is C19H21N5O4. The van der Waals surface area contributed by atoms with Gasteiger partial charge in [-0.15, -0.1) is 5.10 Å². The summed E-state index contributed by atoms with van der Waals surface area (Å²) in [4.78, 5) is 41.9. The van der Waals surface area contributed by atoms with Crippen LogP contribution in [-0.2, 0) is 16.1 Å². The Kier molecular flexibility index (Phi) is 4.58. The quantitative estimate of drug-likeness (QED) is 0.771. The van der Waals surface area contributed by atoms with E-state index in [2.05, 4.69) is 15.4 Å². The predicted molar refractivity (Wildman–Crippen MR) is 97.2 cm³/mol. The Morgan fingerprint density at radius 2 is 2.00 bits per heavy atom. The molecule has 2 N–H and O–H groups in total. The Morgan fingerprint density at radius 3 is 2.71 bits per heavy atom. The van der Waals surface area contributed by atoms with Crippen LogP contribution in [0, 0.1) is 11.8 Å². The SMILES string of the molecule is CN1C(=O)[C@@H](NC(=O)c2ncn(Cc3ccccc3)n2)CC[C@H]2[C@@H](C(=O)O)[C@H]21. The number of carbonyl (C=O) groups excluding carboxylic acids is 2. The van der Waals surface area contributed by atoms with E-state index in [1.165, 1.54) is 11.2 Å². The molecule has 1 saturated carbocycles. The first-order chi connectivity index (χ1) is 13.5. The van der Waals surface area contributed by atoms with Gasteiger partial charge in [0, 0.05) is 13.1 Å². The van der Waals surface area contributed by atoms with Crippen LogP contribution in [0.25, 0.3) is 0 Å². The van der Waals surface area contributed by atoms with Crippen molar-refractivity contribution in [1.82, 2.24) is 25.0 Å². The van der Waals surface area contributed by atoms with Gasteiger partial charge in [-0.25, -0.2) is 9.67 Å². The third kappa shape index (κ3) is 3.35. The number of hydrogen-bond donors (Lipinski definition) is 2. The zero-order valence-corrected chi connectivity index (χ0v) is 15.4. The Balaban J connectivity index is 1.39. The fourth-order valence-corrected chi connectivity index (χ4v) is 4.04. The van der Waals surface area contributed by atoms with Crippen molar-refractivity contribution in [3.05, 3.63) is 48.0 Å². The van der Waals surface area contributed by atoms with Crippen molar-refractivity contribution in [2.45, 2.75) is 31.5 Å². The van der Waals surface area contributed by atoms with E-state index in [0.717, 1.165) is 5.56 Å². The Bertz CT molecular complexity index is 912. The predicted octanol–water partition coefficient (Wildman–Crippen LogP) is 0.376. The van der Waals surface area contributed by atoms with Gasteiger partial charge in [0.15, 0.2) is 0 Å². The van der Waals surface area contributed by atoms with Crippen LogP contribution in [0.15, 0.2) is 36.7 Å². The van der Waals surface area contributed by atoms with Gasteiger partial charge in [-0.2, -0.15) is 0 Å². The normalized spacial score (nSPS) is 26.3. The first kappa shape index (κ1) is 18.1. The molecule has 1 aliphatic heterocycles. The van der Waals surface area contributed by atoms with Gasteiger partial charge in [-0.1, -0.05) is 30.3 Å². The second-order valence-electron chi connectivity index (χ2n) is 7.32. The van der Waals surface area contributed by atoms with Crippen LogP contribution in [0.4, 0.5) is 0 Å². The molecule has 2 heterocycles. The van der Waals surface area contributed by atoms with Crippen LogP contribution in [0.5, 0.6) is 0 Å². The average molecular weight is 383 g/mol. The van der Waals surface area contributed by atoms with Crippen LogP contribution >= 0.6 is 0 Å². The second-order valence-corrected chi connectivity index (χ2v) is 7.32. The summed E-state index contributed by atoms with van der Waals surface area (Å²) in [6, 6.07) is 8.71. The van der Waals surface area contributed by atoms with Gasteiger partial charge in [0.25, 0.3) is 5.91 Å². The van der Waals surface area contributed by atoms with E-state index in [4.69, 9.17) is 0 Å². The number of nitrogens with zero attached hydrogens (tertiary/aromatic N) is 4. The number of fused-ring (bicyclic) bond motifs is 1. The van der Waals surface area contributed by atoms with E-state index < -0.39 is 23.8 Å². The third-order valence-electron chi connectivity index (χ3n) is 5.53. The molecule has 0 radical (unpaired) electrons. The number of rotatable bonds is 5. The molecule has 0 unspecified atom stereocenters. The number of nitrogens with one attached hydrogen (secondary N) is 1. The average Bonchev–Trinajstić information content (AvgIpc) is 3.26. The van der Waals surface area contributed by atoms with Crippen molar-refractivity contribution in [2.75, 3.05) is 7.05 Å². The first-order valence-corrected chi connectivity index (χ1v) is 9.19. The lowest BCUT2D eigenvalue weighted by Gasteiger charge is -2.22. The van der Waals surface area contributed by atoms with Crippen molar-refractivity contribution in [3.8, 4) is 0 Å². The molecule has 1 saturated heterocycles. The lowest BCUT2D eigenvalue weighted by Crippen LogP contribution is -2.47. The molecule has 2 aliphatic rings. The van der Waals surface area contributed by atoms with Crippen LogP contribution < -0.4 is 5.32 Å². The fraction of sp³-hybridized carbons (Fsp3) is 0.421. The molecule has 1 aromatic carbocycles. The van der Waals surface area contributed by atoms with Gasteiger partial charge in [-0.05, 0) is 24.3 Å². The number of aromatic nitrogens is 3. The van der Waals surface area contributed by atoms with Gasteiger partial charge in [0.05, 0.1) is 12.5 Å². The summed E-state index contributed by atoms with van der Waals surface area (Å²) in [7, 11) is 1.60. The number of aliphatic carboxylic acids is 1. The molecule has 2 fully saturated rings. The third-order valence-corrected chi connectivity index (χ3v) is 5.53. The minimum Gasteiger partial charge on any atom is -0.481 e. The second kappa shape index (κ2) is 7.06. The van der Waals surface area contributed by atoms with Crippen molar-refractivity contribution >= 4 is 17.8 Å². The number of carbonyl (C=O) groups is 3.